The lowest BCUT2D eigenvalue weighted by molar-refractivity contribution is -0.176. The number of fused-ring (bicyclic) bond motifs is 1. The zero-order chi connectivity index (χ0) is 24.5. The zero-order valence-electron chi connectivity index (χ0n) is 20.9. The van der Waals surface area contributed by atoms with E-state index in [9.17, 15) is 9.59 Å². The van der Waals surface area contributed by atoms with Gasteiger partial charge in [-0.1, -0.05) is 31.5 Å². The van der Waals surface area contributed by atoms with E-state index in [-0.39, 0.29) is 11.8 Å². The van der Waals surface area contributed by atoms with Crippen LogP contribution in [0.25, 0.3) is 0 Å². The number of benzene rings is 1. The summed E-state index contributed by atoms with van der Waals surface area (Å²) in [5, 5.41) is 0. The molecule has 2 aliphatic rings. The van der Waals surface area contributed by atoms with Gasteiger partial charge in [0.1, 0.15) is 12.4 Å². The van der Waals surface area contributed by atoms with E-state index in [1.165, 1.54) is 5.56 Å². The zero-order valence-corrected chi connectivity index (χ0v) is 20.9. The molecule has 2 aromatic rings. The van der Waals surface area contributed by atoms with Crippen LogP contribution in [0.15, 0.2) is 43.0 Å². The molecule has 190 valence electrons. The number of carbonyl (C=O) groups excluding carboxylic acids is 2. The smallest absolute Gasteiger partial charge is 0.256 e. The van der Waals surface area contributed by atoms with Crippen LogP contribution in [0.3, 0.4) is 0 Å². The van der Waals surface area contributed by atoms with Gasteiger partial charge in [0.15, 0.2) is 5.60 Å². The van der Waals surface area contributed by atoms with Gasteiger partial charge in [0.2, 0.25) is 5.91 Å². The van der Waals surface area contributed by atoms with Crippen LogP contribution < -0.4 is 4.74 Å². The predicted molar refractivity (Wildman–Crippen MR) is 133 cm³/mol. The second-order valence-electron chi connectivity index (χ2n) is 9.52. The van der Waals surface area contributed by atoms with Gasteiger partial charge in [-0.15, -0.1) is 0 Å². The van der Waals surface area contributed by atoms with Crippen molar-refractivity contribution in [2.45, 2.75) is 64.0 Å². The van der Waals surface area contributed by atoms with E-state index in [0.717, 1.165) is 37.9 Å². The summed E-state index contributed by atoms with van der Waals surface area (Å²) < 4.78 is 14.3. The van der Waals surface area contributed by atoms with Gasteiger partial charge in [-0.3, -0.25) is 9.59 Å². The van der Waals surface area contributed by atoms with Crippen molar-refractivity contribution in [3.05, 3.63) is 48.5 Å². The van der Waals surface area contributed by atoms with Crippen LogP contribution in [0.1, 0.15) is 51.0 Å². The molecule has 2 amide bonds. The minimum Gasteiger partial charge on any atom is -0.491 e. The number of nitrogens with zero attached hydrogens (tertiary/aromatic N) is 4. The molecule has 2 aliphatic heterocycles. The summed E-state index contributed by atoms with van der Waals surface area (Å²) in [6.45, 7) is 5.53. The highest BCUT2D eigenvalue weighted by Gasteiger charge is 2.46. The number of rotatable bonds is 6. The number of aryl methyl sites for hydroxylation is 2. The average Bonchev–Trinajstić information content (AvgIpc) is 3.41. The summed E-state index contributed by atoms with van der Waals surface area (Å²) in [6, 6.07) is 8.17. The molecule has 1 fully saturated rings. The van der Waals surface area contributed by atoms with Crippen LogP contribution in [0.2, 0.25) is 0 Å². The van der Waals surface area contributed by atoms with Crippen molar-refractivity contribution in [2.75, 3.05) is 39.4 Å². The Balaban J connectivity index is 1.51. The Kier molecular flexibility index (Phi) is 8.79. The third-order valence-electron chi connectivity index (χ3n) is 7.01. The molecule has 8 nitrogen and oxygen atoms in total. The fourth-order valence-corrected chi connectivity index (χ4v) is 4.98. The molecule has 1 saturated heterocycles. The first kappa shape index (κ1) is 25.2. The Morgan fingerprint density at radius 3 is 2.86 bits per heavy atom. The molecule has 4 rings (SSSR count). The lowest BCUT2D eigenvalue weighted by Gasteiger charge is -2.44. The van der Waals surface area contributed by atoms with Gasteiger partial charge >= 0.3 is 0 Å². The minimum absolute atomic E-state index is 0.00415. The molecule has 0 aliphatic carbocycles. The fraction of sp³-hybridized carbons (Fsp3) is 0.593. The van der Waals surface area contributed by atoms with Crippen molar-refractivity contribution < 1.29 is 19.1 Å². The summed E-state index contributed by atoms with van der Waals surface area (Å²) in [6.07, 6.45) is 10.9. The quantitative estimate of drug-likeness (QED) is 0.631. The first-order valence-electron chi connectivity index (χ1n) is 13.0. The maximum Gasteiger partial charge on any atom is 0.256 e. The molecule has 1 unspecified atom stereocenters. The molecular weight excluding hydrogens is 444 g/mol. The molecule has 1 atom stereocenters. The predicted octanol–water partition coefficient (Wildman–Crippen LogP) is 3.30. The molecule has 0 bridgehead atoms. The highest BCUT2D eigenvalue weighted by Crippen LogP contribution is 2.30. The van der Waals surface area contributed by atoms with E-state index < -0.39 is 5.60 Å². The maximum atomic E-state index is 14.0. The number of carbonyl (C=O) groups is 2. The van der Waals surface area contributed by atoms with Crippen molar-refractivity contribution in [1.29, 1.82) is 0 Å². The second kappa shape index (κ2) is 12.2. The van der Waals surface area contributed by atoms with Gasteiger partial charge in [0, 0.05) is 38.4 Å². The molecule has 8 heteroatoms. The highest BCUT2D eigenvalue weighted by atomic mass is 16.5. The van der Waals surface area contributed by atoms with Gasteiger partial charge in [0.25, 0.3) is 5.91 Å². The molecule has 1 aromatic carbocycles. The van der Waals surface area contributed by atoms with Crippen LogP contribution >= 0.6 is 0 Å². The van der Waals surface area contributed by atoms with Crippen LogP contribution in [0.4, 0.5) is 0 Å². The first-order valence-corrected chi connectivity index (χ1v) is 13.0. The Morgan fingerprint density at radius 2 is 2.03 bits per heavy atom. The lowest BCUT2D eigenvalue weighted by Crippen LogP contribution is -2.62. The third kappa shape index (κ3) is 6.42. The maximum absolute atomic E-state index is 14.0. The molecule has 1 aromatic heterocycles. The summed E-state index contributed by atoms with van der Waals surface area (Å²) >= 11 is 0. The molecule has 3 heterocycles. The van der Waals surface area contributed by atoms with Crippen molar-refractivity contribution in [2.24, 2.45) is 0 Å². The van der Waals surface area contributed by atoms with E-state index in [0.29, 0.717) is 58.8 Å². The van der Waals surface area contributed by atoms with E-state index in [1.807, 2.05) is 38.8 Å². The number of aromatic nitrogens is 2. The van der Waals surface area contributed by atoms with Crippen molar-refractivity contribution in [1.82, 2.24) is 19.4 Å². The first-order chi connectivity index (χ1) is 17.1. The summed E-state index contributed by atoms with van der Waals surface area (Å²) in [5.41, 5.74) is 0.212. The van der Waals surface area contributed by atoms with Crippen molar-refractivity contribution in [3.8, 4) is 5.75 Å². The Labute approximate surface area is 208 Å². The molecule has 1 spiro atoms. The highest BCUT2D eigenvalue weighted by molar-refractivity contribution is 5.87. The summed E-state index contributed by atoms with van der Waals surface area (Å²) in [5.74, 6) is 0.961. The van der Waals surface area contributed by atoms with Gasteiger partial charge in [-0.05, 0) is 43.7 Å². The second-order valence-corrected chi connectivity index (χ2v) is 9.52. The van der Waals surface area contributed by atoms with Crippen LogP contribution in [-0.2, 0) is 27.3 Å². The molecule has 0 radical (unpaired) electrons. The van der Waals surface area contributed by atoms with Crippen LogP contribution in [-0.4, -0.2) is 76.2 Å². The third-order valence-corrected chi connectivity index (χ3v) is 7.01. The average molecular weight is 483 g/mol. The number of para-hydroxylation sites is 1. The fourth-order valence-electron chi connectivity index (χ4n) is 4.98. The van der Waals surface area contributed by atoms with Gasteiger partial charge in [-0.25, -0.2) is 4.98 Å². The number of ether oxygens (including phenoxy) is 2. The number of imidazole rings is 1. The van der Waals surface area contributed by atoms with Crippen LogP contribution in [0, 0.1) is 0 Å². The molecular formula is C27H38N4O4. The number of morpholine rings is 1. The Bertz CT molecular complexity index is 964. The van der Waals surface area contributed by atoms with Gasteiger partial charge in [-0.2, -0.15) is 0 Å². The molecule has 0 saturated carbocycles. The molecule has 35 heavy (non-hydrogen) atoms. The van der Waals surface area contributed by atoms with Gasteiger partial charge in [0.05, 0.1) is 26.0 Å². The van der Waals surface area contributed by atoms with Crippen molar-refractivity contribution in [3.63, 3.8) is 0 Å². The standard InChI is InChI=1S/C27H38N4O4/c1-2-3-14-30-17-19-34-24-10-5-4-8-23(24)9-6-7-12-27(26(30)33)21-31(18-20-35-27)25(32)11-15-29-16-13-28-22-29/h4-5,8,10,13,16,22H,2-3,6-7,9,11-12,14-15,17-21H2,1H3. The Morgan fingerprint density at radius 1 is 1.14 bits per heavy atom. The van der Waals surface area contributed by atoms with Gasteiger partial charge < -0.3 is 23.8 Å². The molecule has 0 N–H and O–H groups in total. The minimum atomic E-state index is -0.991. The van der Waals surface area contributed by atoms with E-state index in [2.05, 4.69) is 18.0 Å². The van der Waals surface area contributed by atoms with E-state index in [4.69, 9.17) is 9.47 Å². The monoisotopic (exact) mass is 482 g/mol. The van der Waals surface area contributed by atoms with Crippen LogP contribution in [0.5, 0.6) is 5.75 Å². The number of unbranched alkanes of at least 4 members (excludes halogenated alkanes) is 1. The number of hydrogen-bond acceptors (Lipinski definition) is 5. The Hall–Kier alpha value is -2.87. The SMILES string of the molecule is CCCCN1CCOc2ccccc2CCCCC2(CN(C(=O)CCn3ccnc3)CCO2)C1=O. The topological polar surface area (TPSA) is 76.9 Å². The lowest BCUT2D eigenvalue weighted by atomic mass is 9.90. The largest absolute Gasteiger partial charge is 0.491 e. The van der Waals surface area contributed by atoms with E-state index >= 15 is 0 Å². The van der Waals surface area contributed by atoms with E-state index in [1.54, 1.807) is 12.5 Å². The van der Waals surface area contributed by atoms with Crippen molar-refractivity contribution >= 4 is 11.8 Å². The summed E-state index contributed by atoms with van der Waals surface area (Å²) in [4.78, 5) is 34.9. The summed E-state index contributed by atoms with van der Waals surface area (Å²) in [7, 11) is 0. The number of hydrogen-bond donors (Lipinski definition) is 0. The number of amides is 2. The normalized spacial score (nSPS) is 21.7.